The third-order valence-corrected chi connectivity index (χ3v) is 7.55. The molecule has 6 heteroatoms. The van der Waals surface area contributed by atoms with Crippen molar-refractivity contribution >= 4 is 33.2 Å². The van der Waals surface area contributed by atoms with Crippen LogP contribution in [0.25, 0.3) is 0 Å². The lowest BCUT2D eigenvalue weighted by Gasteiger charge is -2.18. The standard InChI is InChI=1S/C22H31BrO4S/c1-15-20(23)14-18(28-15)12-11-17(24)10-8-16-9-13-21(25)19(16)6-4-2-3-5-7-22(26)27/h2,4,8,10,14,16-17,19,21,24-25H,3,5-7,9,11-13H2,1H3,(H,26,27)/b4-2?,10-8+/t16-,17+,19+,21?/m0/s1. The minimum absolute atomic E-state index is 0.176. The zero-order valence-electron chi connectivity index (χ0n) is 16.4. The van der Waals surface area contributed by atoms with Gasteiger partial charge in [0.25, 0.3) is 0 Å². The molecule has 0 spiro atoms. The smallest absolute Gasteiger partial charge is 0.303 e. The van der Waals surface area contributed by atoms with Crippen LogP contribution in [0.5, 0.6) is 0 Å². The maximum Gasteiger partial charge on any atom is 0.303 e. The normalized spacial score (nSPS) is 23.8. The molecule has 1 saturated carbocycles. The van der Waals surface area contributed by atoms with E-state index in [4.69, 9.17) is 5.11 Å². The van der Waals surface area contributed by atoms with Crippen LogP contribution in [0.15, 0.2) is 34.8 Å². The van der Waals surface area contributed by atoms with Crippen molar-refractivity contribution in [3.63, 3.8) is 0 Å². The predicted octanol–water partition coefficient (Wildman–Crippen LogP) is 5.26. The Labute approximate surface area is 180 Å². The number of unbranched alkanes of at least 4 members (excludes halogenated alkanes) is 1. The lowest BCUT2D eigenvalue weighted by Crippen LogP contribution is -2.17. The molecule has 1 aromatic heterocycles. The van der Waals surface area contributed by atoms with E-state index in [0.29, 0.717) is 12.8 Å². The SMILES string of the molecule is Cc1sc(CC[C@H](O)/C=C/[C@H]2CCC(O)[C@@H]2CC=CCCCC(=O)O)cc1Br. The van der Waals surface area contributed by atoms with Gasteiger partial charge in [-0.2, -0.15) is 0 Å². The Morgan fingerprint density at radius 2 is 2.18 bits per heavy atom. The van der Waals surface area contributed by atoms with Crippen LogP contribution in [0, 0.1) is 18.8 Å². The Hall–Kier alpha value is -0.950. The van der Waals surface area contributed by atoms with Crippen LogP contribution in [-0.2, 0) is 11.2 Å². The highest BCUT2D eigenvalue weighted by Crippen LogP contribution is 2.36. The van der Waals surface area contributed by atoms with E-state index < -0.39 is 12.1 Å². The molecule has 156 valence electrons. The molecule has 1 heterocycles. The number of carbonyl (C=O) groups is 1. The molecule has 1 aliphatic rings. The van der Waals surface area contributed by atoms with Crippen molar-refractivity contribution in [3.8, 4) is 0 Å². The molecular weight excluding hydrogens is 440 g/mol. The second kappa shape index (κ2) is 11.9. The van der Waals surface area contributed by atoms with Crippen LogP contribution >= 0.6 is 27.3 Å². The van der Waals surface area contributed by atoms with Crippen LogP contribution in [0.2, 0.25) is 0 Å². The summed E-state index contributed by atoms with van der Waals surface area (Å²) in [5.41, 5.74) is 0. The van der Waals surface area contributed by atoms with E-state index in [2.05, 4.69) is 41.1 Å². The fourth-order valence-corrected chi connectivity index (χ4v) is 5.31. The number of aliphatic hydroxyl groups excluding tert-OH is 2. The summed E-state index contributed by atoms with van der Waals surface area (Å²) in [5.74, 6) is -0.299. The minimum Gasteiger partial charge on any atom is -0.481 e. The third kappa shape index (κ3) is 7.82. The van der Waals surface area contributed by atoms with E-state index in [0.717, 1.165) is 36.6 Å². The first-order valence-corrected chi connectivity index (χ1v) is 11.6. The molecule has 1 aliphatic carbocycles. The molecule has 0 radical (unpaired) electrons. The molecule has 4 nitrogen and oxygen atoms in total. The highest BCUT2D eigenvalue weighted by atomic mass is 79.9. The van der Waals surface area contributed by atoms with Crippen molar-refractivity contribution in [2.75, 3.05) is 0 Å². The minimum atomic E-state index is -0.759. The highest BCUT2D eigenvalue weighted by molar-refractivity contribution is 9.10. The molecule has 1 unspecified atom stereocenters. The molecule has 1 aromatic rings. The summed E-state index contributed by atoms with van der Waals surface area (Å²) in [6.07, 6.45) is 13.0. The number of thiophene rings is 1. The van der Waals surface area contributed by atoms with Crippen molar-refractivity contribution in [2.24, 2.45) is 11.8 Å². The summed E-state index contributed by atoms with van der Waals surface area (Å²) in [6, 6.07) is 2.13. The molecule has 0 aromatic carbocycles. The number of aliphatic hydroxyl groups is 2. The number of carboxylic acids is 1. The number of aryl methyl sites for hydroxylation is 2. The van der Waals surface area contributed by atoms with Crippen molar-refractivity contribution in [2.45, 2.75) is 70.5 Å². The Balaban J connectivity index is 1.76. The van der Waals surface area contributed by atoms with Gasteiger partial charge in [0.05, 0.1) is 12.2 Å². The van der Waals surface area contributed by atoms with Gasteiger partial charge in [-0.1, -0.05) is 24.3 Å². The molecule has 1 fully saturated rings. The second-order valence-corrected chi connectivity index (χ2v) is 9.77. The maximum atomic E-state index is 10.5. The summed E-state index contributed by atoms with van der Waals surface area (Å²) in [7, 11) is 0. The monoisotopic (exact) mass is 470 g/mol. The third-order valence-electron chi connectivity index (χ3n) is 5.35. The Bertz CT molecular complexity index is 663. The Kier molecular flexibility index (Phi) is 9.92. The first kappa shape index (κ1) is 23.3. The van der Waals surface area contributed by atoms with Crippen molar-refractivity contribution in [1.29, 1.82) is 0 Å². The van der Waals surface area contributed by atoms with Gasteiger partial charge < -0.3 is 15.3 Å². The lowest BCUT2D eigenvalue weighted by atomic mass is 9.90. The highest BCUT2D eigenvalue weighted by Gasteiger charge is 2.32. The molecule has 3 N–H and O–H groups in total. The van der Waals surface area contributed by atoms with Gasteiger partial charge in [-0.15, -0.1) is 11.3 Å². The molecule has 0 bridgehead atoms. The number of aliphatic carboxylic acids is 1. The quantitative estimate of drug-likeness (QED) is 0.304. The van der Waals surface area contributed by atoms with Crippen molar-refractivity contribution in [3.05, 3.63) is 44.6 Å². The Morgan fingerprint density at radius 1 is 1.39 bits per heavy atom. The first-order chi connectivity index (χ1) is 13.4. The van der Waals surface area contributed by atoms with E-state index in [1.807, 2.05) is 12.2 Å². The molecule has 0 amide bonds. The number of hydrogen-bond acceptors (Lipinski definition) is 4. The fourth-order valence-electron chi connectivity index (χ4n) is 3.69. The zero-order valence-corrected chi connectivity index (χ0v) is 18.8. The molecular formula is C22H31BrO4S. The van der Waals surface area contributed by atoms with Gasteiger partial charge in [0.2, 0.25) is 0 Å². The van der Waals surface area contributed by atoms with E-state index in [1.54, 1.807) is 11.3 Å². The van der Waals surface area contributed by atoms with Crippen LogP contribution in [-0.4, -0.2) is 33.5 Å². The molecule has 4 atom stereocenters. The number of allylic oxidation sites excluding steroid dienone is 3. The van der Waals surface area contributed by atoms with Gasteiger partial charge in [0.1, 0.15) is 0 Å². The van der Waals surface area contributed by atoms with Crippen LogP contribution < -0.4 is 0 Å². The van der Waals surface area contributed by atoms with Gasteiger partial charge in [-0.05, 0) is 85.7 Å². The van der Waals surface area contributed by atoms with Gasteiger partial charge in [0.15, 0.2) is 0 Å². The number of hydrogen-bond donors (Lipinski definition) is 3. The zero-order chi connectivity index (χ0) is 20.5. The fraction of sp³-hybridized carbons (Fsp3) is 0.591. The van der Waals surface area contributed by atoms with Crippen LogP contribution in [0.4, 0.5) is 0 Å². The predicted molar refractivity (Wildman–Crippen MR) is 118 cm³/mol. The number of carboxylic acid groups (broad SMARTS) is 1. The van der Waals surface area contributed by atoms with Crippen molar-refractivity contribution in [1.82, 2.24) is 0 Å². The Morgan fingerprint density at radius 3 is 2.86 bits per heavy atom. The van der Waals surface area contributed by atoms with Crippen molar-refractivity contribution < 1.29 is 20.1 Å². The van der Waals surface area contributed by atoms with Crippen LogP contribution in [0.3, 0.4) is 0 Å². The first-order valence-electron chi connectivity index (χ1n) is 10.0. The van der Waals surface area contributed by atoms with E-state index in [-0.39, 0.29) is 24.4 Å². The topological polar surface area (TPSA) is 77.8 Å². The van der Waals surface area contributed by atoms with Crippen LogP contribution in [0.1, 0.15) is 54.7 Å². The summed E-state index contributed by atoms with van der Waals surface area (Å²) in [5, 5.41) is 29.2. The molecule has 0 aliphatic heterocycles. The second-order valence-electron chi connectivity index (χ2n) is 7.57. The molecule has 0 saturated heterocycles. The maximum absolute atomic E-state index is 10.5. The van der Waals surface area contributed by atoms with E-state index in [1.165, 1.54) is 9.75 Å². The van der Waals surface area contributed by atoms with Gasteiger partial charge >= 0.3 is 5.97 Å². The average molecular weight is 471 g/mol. The summed E-state index contributed by atoms with van der Waals surface area (Å²) < 4.78 is 1.14. The summed E-state index contributed by atoms with van der Waals surface area (Å²) in [6.45, 7) is 2.08. The van der Waals surface area contributed by atoms with Gasteiger partial charge in [-0.25, -0.2) is 0 Å². The summed E-state index contributed by atoms with van der Waals surface area (Å²) in [4.78, 5) is 13.1. The van der Waals surface area contributed by atoms with E-state index in [9.17, 15) is 15.0 Å². The van der Waals surface area contributed by atoms with E-state index >= 15 is 0 Å². The van der Waals surface area contributed by atoms with Gasteiger partial charge in [0, 0.05) is 20.6 Å². The van der Waals surface area contributed by atoms with Gasteiger partial charge in [-0.3, -0.25) is 4.79 Å². The molecule has 2 rings (SSSR count). The number of rotatable bonds is 11. The summed E-state index contributed by atoms with van der Waals surface area (Å²) >= 11 is 5.29. The molecule has 28 heavy (non-hydrogen) atoms. The number of halogens is 1. The lowest BCUT2D eigenvalue weighted by molar-refractivity contribution is -0.137. The largest absolute Gasteiger partial charge is 0.481 e. The average Bonchev–Trinajstić information content (AvgIpc) is 3.16.